The Morgan fingerprint density at radius 3 is 2.77 bits per heavy atom. The first-order valence-electron chi connectivity index (χ1n) is 11.1. The minimum Gasteiger partial charge on any atom is -0.379 e. The number of anilines is 1. The van der Waals surface area contributed by atoms with Crippen LogP contribution in [-0.4, -0.2) is 83.1 Å². The van der Waals surface area contributed by atoms with E-state index < -0.39 is 0 Å². The van der Waals surface area contributed by atoms with Crippen LogP contribution in [-0.2, 0) is 16.0 Å². The molecule has 2 heterocycles. The van der Waals surface area contributed by atoms with E-state index in [9.17, 15) is 0 Å². The van der Waals surface area contributed by atoms with Crippen LogP contribution in [0, 0.1) is 0 Å². The van der Waals surface area contributed by atoms with Gasteiger partial charge in [0, 0.05) is 68.8 Å². The number of guanidine groups is 1. The van der Waals surface area contributed by atoms with E-state index in [-0.39, 0.29) is 30.1 Å². The van der Waals surface area contributed by atoms with Crippen molar-refractivity contribution in [2.24, 2.45) is 4.99 Å². The summed E-state index contributed by atoms with van der Waals surface area (Å²) < 4.78 is 11.2. The largest absolute Gasteiger partial charge is 0.379 e. The highest BCUT2D eigenvalue weighted by molar-refractivity contribution is 14.0. The lowest BCUT2D eigenvalue weighted by Crippen LogP contribution is -2.44. The van der Waals surface area contributed by atoms with Crippen molar-refractivity contribution < 1.29 is 9.47 Å². The standard InChI is InChI=1S/C22H36ClN5O2.HI/c1-3-24-22(25-9-5-14-30-18-8-15-29-17-18)26-16-19-20(23)6-4-7-21(19)28-12-10-27(2)11-13-28;/h4,6-7,18H,3,5,8-17H2,1-2H3,(H2,24,25,26);1H. The Balaban J connectivity index is 0.00000341. The molecule has 1 unspecified atom stereocenters. The van der Waals surface area contributed by atoms with E-state index in [1.54, 1.807) is 0 Å². The fraction of sp³-hybridized carbons (Fsp3) is 0.682. The number of nitrogens with one attached hydrogen (secondary N) is 2. The number of benzene rings is 1. The summed E-state index contributed by atoms with van der Waals surface area (Å²) >= 11 is 6.57. The second-order valence-corrected chi connectivity index (χ2v) is 8.27. The fourth-order valence-corrected chi connectivity index (χ4v) is 3.95. The molecule has 1 aromatic rings. The van der Waals surface area contributed by atoms with Gasteiger partial charge in [-0.05, 0) is 38.9 Å². The second-order valence-electron chi connectivity index (χ2n) is 7.86. The Kier molecular flexibility index (Phi) is 12.2. The maximum atomic E-state index is 6.57. The molecule has 2 saturated heterocycles. The Labute approximate surface area is 208 Å². The predicted octanol–water partition coefficient (Wildman–Crippen LogP) is 2.96. The van der Waals surface area contributed by atoms with E-state index in [2.05, 4.69) is 40.5 Å². The third-order valence-corrected chi connectivity index (χ3v) is 5.89. The number of hydrogen-bond acceptors (Lipinski definition) is 5. The zero-order chi connectivity index (χ0) is 21.2. The molecule has 0 saturated carbocycles. The summed E-state index contributed by atoms with van der Waals surface area (Å²) in [5.74, 6) is 0.811. The molecule has 7 nitrogen and oxygen atoms in total. The highest BCUT2D eigenvalue weighted by Gasteiger charge is 2.18. The van der Waals surface area contributed by atoms with Crippen molar-refractivity contribution in [3.63, 3.8) is 0 Å². The van der Waals surface area contributed by atoms with Crippen LogP contribution in [0.25, 0.3) is 0 Å². The molecule has 2 fully saturated rings. The summed E-state index contributed by atoms with van der Waals surface area (Å²) in [5.41, 5.74) is 2.29. The molecule has 1 aromatic carbocycles. The van der Waals surface area contributed by atoms with Crippen LogP contribution in [0.1, 0.15) is 25.3 Å². The van der Waals surface area contributed by atoms with Crippen LogP contribution in [0.15, 0.2) is 23.2 Å². The molecular formula is C22H37ClIN5O2. The van der Waals surface area contributed by atoms with Gasteiger partial charge in [-0.1, -0.05) is 17.7 Å². The highest BCUT2D eigenvalue weighted by Crippen LogP contribution is 2.29. The summed E-state index contributed by atoms with van der Waals surface area (Å²) in [4.78, 5) is 9.58. The first-order valence-corrected chi connectivity index (χ1v) is 11.5. The normalized spacial score (nSPS) is 19.9. The molecule has 0 aromatic heterocycles. The molecule has 9 heteroatoms. The lowest BCUT2D eigenvalue weighted by molar-refractivity contribution is 0.0420. The average molecular weight is 566 g/mol. The lowest BCUT2D eigenvalue weighted by Gasteiger charge is -2.35. The van der Waals surface area contributed by atoms with Gasteiger partial charge in [-0.3, -0.25) is 0 Å². The number of hydrogen-bond donors (Lipinski definition) is 2. The van der Waals surface area contributed by atoms with Crippen molar-refractivity contribution in [2.75, 3.05) is 71.0 Å². The van der Waals surface area contributed by atoms with Crippen molar-refractivity contribution in [3.05, 3.63) is 28.8 Å². The molecular weight excluding hydrogens is 529 g/mol. The average Bonchev–Trinajstić information content (AvgIpc) is 3.26. The highest BCUT2D eigenvalue weighted by atomic mass is 127. The van der Waals surface area contributed by atoms with Gasteiger partial charge in [0.25, 0.3) is 0 Å². The minimum absolute atomic E-state index is 0. The maximum absolute atomic E-state index is 6.57. The number of rotatable bonds is 9. The van der Waals surface area contributed by atoms with Crippen molar-refractivity contribution in [2.45, 2.75) is 32.4 Å². The summed E-state index contributed by atoms with van der Waals surface area (Å²) in [5, 5.41) is 7.50. The SMILES string of the molecule is CCNC(=NCc1c(Cl)cccc1N1CCN(C)CC1)NCCCOC1CCOC1.I. The monoisotopic (exact) mass is 565 g/mol. The number of aliphatic imine (C=N–C) groups is 1. The Morgan fingerprint density at radius 2 is 2.06 bits per heavy atom. The Morgan fingerprint density at radius 1 is 1.26 bits per heavy atom. The van der Waals surface area contributed by atoms with Crippen LogP contribution in [0.4, 0.5) is 5.69 Å². The summed E-state index contributed by atoms with van der Waals surface area (Å²) in [7, 11) is 2.17. The van der Waals surface area contributed by atoms with Crippen molar-refractivity contribution in [1.29, 1.82) is 0 Å². The molecule has 31 heavy (non-hydrogen) atoms. The van der Waals surface area contributed by atoms with E-state index in [0.29, 0.717) is 6.54 Å². The summed E-state index contributed by atoms with van der Waals surface area (Å²) in [6.45, 7) is 10.7. The van der Waals surface area contributed by atoms with Gasteiger partial charge in [0.1, 0.15) is 0 Å². The number of piperazine rings is 1. The first kappa shape index (κ1) is 26.4. The van der Waals surface area contributed by atoms with E-state index in [4.69, 9.17) is 26.1 Å². The van der Waals surface area contributed by atoms with Crippen LogP contribution in [0.3, 0.4) is 0 Å². The van der Waals surface area contributed by atoms with E-state index in [1.807, 2.05) is 12.1 Å². The third-order valence-electron chi connectivity index (χ3n) is 5.53. The van der Waals surface area contributed by atoms with E-state index in [0.717, 1.165) is 88.5 Å². The fourth-order valence-electron chi connectivity index (χ4n) is 3.72. The van der Waals surface area contributed by atoms with Gasteiger partial charge in [-0.15, -0.1) is 24.0 Å². The lowest BCUT2D eigenvalue weighted by atomic mass is 10.1. The Bertz CT molecular complexity index is 680. The van der Waals surface area contributed by atoms with Crippen LogP contribution in [0.2, 0.25) is 5.02 Å². The first-order chi connectivity index (χ1) is 14.7. The molecule has 2 aliphatic heterocycles. The molecule has 0 amide bonds. The quantitative estimate of drug-likeness (QED) is 0.208. The van der Waals surface area contributed by atoms with Gasteiger partial charge in [-0.25, -0.2) is 4.99 Å². The van der Waals surface area contributed by atoms with E-state index >= 15 is 0 Å². The van der Waals surface area contributed by atoms with Crippen LogP contribution < -0.4 is 15.5 Å². The van der Waals surface area contributed by atoms with Crippen LogP contribution >= 0.6 is 35.6 Å². The predicted molar refractivity (Wildman–Crippen MR) is 139 cm³/mol. The number of ether oxygens (including phenoxy) is 2. The molecule has 0 bridgehead atoms. The molecule has 176 valence electrons. The number of nitrogens with zero attached hydrogens (tertiary/aromatic N) is 3. The summed E-state index contributed by atoms with van der Waals surface area (Å²) in [6, 6.07) is 6.14. The molecule has 0 radical (unpaired) electrons. The molecule has 2 N–H and O–H groups in total. The van der Waals surface area contributed by atoms with Crippen molar-refractivity contribution >= 4 is 47.2 Å². The van der Waals surface area contributed by atoms with E-state index in [1.165, 1.54) is 5.69 Å². The van der Waals surface area contributed by atoms with Gasteiger partial charge in [0.15, 0.2) is 5.96 Å². The molecule has 1 atom stereocenters. The topological polar surface area (TPSA) is 61.4 Å². The molecule has 0 spiro atoms. The maximum Gasteiger partial charge on any atom is 0.191 e. The van der Waals surface area contributed by atoms with Gasteiger partial charge in [-0.2, -0.15) is 0 Å². The van der Waals surface area contributed by atoms with Crippen molar-refractivity contribution in [3.8, 4) is 0 Å². The van der Waals surface area contributed by atoms with Gasteiger partial charge >= 0.3 is 0 Å². The van der Waals surface area contributed by atoms with Crippen molar-refractivity contribution in [1.82, 2.24) is 15.5 Å². The van der Waals surface area contributed by atoms with Crippen LogP contribution in [0.5, 0.6) is 0 Å². The minimum atomic E-state index is 0. The second kappa shape index (κ2) is 14.4. The smallest absolute Gasteiger partial charge is 0.191 e. The van der Waals surface area contributed by atoms with Gasteiger partial charge in [0.05, 0.1) is 19.3 Å². The zero-order valence-electron chi connectivity index (χ0n) is 18.7. The number of likely N-dealkylation sites (N-methyl/N-ethyl adjacent to an activating group) is 1. The van der Waals surface area contributed by atoms with Gasteiger partial charge in [0.2, 0.25) is 0 Å². The summed E-state index contributed by atoms with van der Waals surface area (Å²) in [6.07, 6.45) is 2.20. The number of halogens is 2. The molecule has 0 aliphatic carbocycles. The zero-order valence-corrected chi connectivity index (χ0v) is 21.8. The molecule has 2 aliphatic rings. The van der Waals surface area contributed by atoms with Gasteiger partial charge < -0.3 is 29.9 Å². The Hall–Kier alpha value is -0.810. The molecule has 3 rings (SSSR count). The third kappa shape index (κ3) is 8.57.